The molecule has 0 radical (unpaired) electrons. The number of nitrogens with zero attached hydrogens (tertiary/aromatic N) is 1. The summed E-state index contributed by atoms with van der Waals surface area (Å²) in [4.78, 5) is 12.1. The lowest BCUT2D eigenvalue weighted by atomic mass is 10.1. The van der Waals surface area contributed by atoms with Crippen molar-refractivity contribution in [2.45, 2.75) is 31.9 Å². The number of rotatable bonds is 5. The average molecular weight is 342 g/mol. The van der Waals surface area contributed by atoms with E-state index >= 15 is 0 Å². The van der Waals surface area contributed by atoms with Crippen molar-refractivity contribution >= 4 is 15.9 Å². The molecule has 2 N–H and O–H groups in total. The number of phenols is 1. The topological polar surface area (TPSA) is 95.9 Å². The summed E-state index contributed by atoms with van der Waals surface area (Å²) >= 11 is 0. The number of phenolic OH excluding ortho intramolecular Hbond substituents is 1. The van der Waals surface area contributed by atoms with E-state index in [0.717, 1.165) is 0 Å². The molecule has 1 atom stereocenters. The maximum atomic E-state index is 12.1. The van der Waals surface area contributed by atoms with Crippen molar-refractivity contribution in [3.05, 3.63) is 24.3 Å². The van der Waals surface area contributed by atoms with E-state index in [0.29, 0.717) is 31.7 Å². The van der Waals surface area contributed by atoms with Gasteiger partial charge in [-0.1, -0.05) is 0 Å². The van der Waals surface area contributed by atoms with Crippen molar-refractivity contribution in [2.75, 3.05) is 19.3 Å². The lowest BCUT2D eigenvalue weighted by Crippen LogP contribution is -2.49. The van der Waals surface area contributed by atoms with E-state index in [9.17, 15) is 18.3 Å². The van der Waals surface area contributed by atoms with E-state index in [1.165, 1.54) is 22.7 Å². The number of sulfonamides is 1. The molecule has 0 bridgehead atoms. The molecule has 8 heteroatoms. The van der Waals surface area contributed by atoms with Crippen LogP contribution in [0.2, 0.25) is 0 Å². The minimum absolute atomic E-state index is 0.0497. The first-order valence-corrected chi connectivity index (χ1v) is 9.32. The van der Waals surface area contributed by atoms with Crippen LogP contribution in [-0.4, -0.2) is 55.2 Å². The lowest BCUT2D eigenvalue weighted by molar-refractivity contribution is -0.128. The highest BCUT2D eigenvalue weighted by Gasteiger charge is 2.27. The molecule has 0 aliphatic carbocycles. The summed E-state index contributed by atoms with van der Waals surface area (Å²) in [5.41, 5.74) is 0. The van der Waals surface area contributed by atoms with E-state index in [1.807, 2.05) is 0 Å². The quantitative estimate of drug-likeness (QED) is 0.821. The summed E-state index contributed by atoms with van der Waals surface area (Å²) in [5.74, 6) is 0.389. The van der Waals surface area contributed by atoms with Gasteiger partial charge in [0.05, 0.1) is 6.26 Å². The number of amides is 1. The molecule has 0 spiro atoms. The molecule has 0 aromatic heterocycles. The van der Waals surface area contributed by atoms with Gasteiger partial charge >= 0.3 is 0 Å². The maximum Gasteiger partial charge on any atom is 0.260 e. The monoisotopic (exact) mass is 342 g/mol. The fourth-order valence-electron chi connectivity index (χ4n) is 2.43. The predicted molar refractivity (Wildman–Crippen MR) is 85.8 cm³/mol. The fourth-order valence-corrected chi connectivity index (χ4v) is 3.31. The van der Waals surface area contributed by atoms with Crippen molar-refractivity contribution < 1.29 is 23.1 Å². The summed E-state index contributed by atoms with van der Waals surface area (Å²) in [6.07, 6.45) is 1.70. The Balaban J connectivity index is 1.81. The predicted octanol–water partition coefficient (Wildman–Crippen LogP) is 0.700. The summed E-state index contributed by atoms with van der Waals surface area (Å²) in [6, 6.07) is 6.10. The molecule has 1 heterocycles. The van der Waals surface area contributed by atoms with Crippen molar-refractivity contribution in [1.82, 2.24) is 9.62 Å². The van der Waals surface area contributed by atoms with E-state index in [4.69, 9.17) is 4.74 Å². The van der Waals surface area contributed by atoms with E-state index in [-0.39, 0.29) is 17.7 Å². The fraction of sp³-hybridized carbons (Fsp3) is 0.533. The van der Waals surface area contributed by atoms with Crippen LogP contribution in [0, 0.1) is 0 Å². The Bertz CT molecular complexity index is 636. The van der Waals surface area contributed by atoms with Gasteiger partial charge in [-0.15, -0.1) is 0 Å². The SMILES string of the molecule is CC(Oc1ccc(O)cc1)C(=O)NC1CCN(S(C)(=O)=O)CC1. The molecule has 0 saturated carbocycles. The Morgan fingerprint density at radius 2 is 1.87 bits per heavy atom. The molecule has 1 aromatic rings. The molecule has 1 unspecified atom stereocenters. The van der Waals surface area contributed by atoms with Gasteiger partial charge in [-0.3, -0.25) is 4.79 Å². The molecule has 1 aliphatic heterocycles. The molecular formula is C15H22N2O5S. The number of hydrogen-bond acceptors (Lipinski definition) is 5. The zero-order valence-corrected chi connectivity index (χ0v) is 14.0. The van der Waals surface area contributed by atoms with Gasteiger partial charge in [0.15, 0.2) is 6.10 Å². The molecule has 1 fully saturated rings. The lowest BCUT2D eigenvalue weighted by Gasteiger charge is -2.31. The third-order valence-corrected chi connectivity index (χ3v) is 5.09. The Labute approximate surface area is 136 Å². The summed E-state index contributed by atoms with van der Waals surface area (Å²) in [6.45, 7) is 2.47. The maximum absolute atomic E-state index is 12.1. The Morgan fingerprint density at radius 1 is 1.30 bits per heavy atom. The number of ether oxygens (including phenoxy) is 1. The highest BCUT2D eigenvalue weighted by Crippen LogP contribution is 2.18. The minimum Gasteiger partial charge on any atom is -0.508 e. The Kier molecular flexibility index (Phi) is 5.48. The van der Waals surface area contributed by atoms with Crippen LogP contribution in [0.15, 0.2) is 24.3 Å². The average Bonchev–Trinajstić information content (AvgIpc) is 2.49. The van der Waals surface area contributed by atoms with Crippen LogP contribution in [0.5, 0.6) is 11.5 Å². The number of aromatic hydroxyl groups is 1. The molecule has 2 rings (SSSR count). The molecule has 1 amide bonds. The van der Waals surface area contributed by atoms with E-state index in [1.54, 1.807) is 19.1 Å². The number of piperidine rings is 1. The summed E-state index contributed by atoms with van der Waals surface area (Å²) < 4.78 is 29.8. The first kappa shape index (κ1) is 17.6. The zero-order valence-electron chi connectivity index (χ0n) is 13.2. The molecule has 1 aromatic carbocycles. The third-order valence-electron chi connectivity index (χ3n) is 3.79. The highest BCUT2D eigenvalue weighted by atomic mass is 32.2. The van der Waals surface area contributed by atoms with E-state index < -0.39 is 16.1 Å². The van der Waals surface area contributed by atoms with Crippen LogP contribution in [-0.2, 0) is 14.8 Å². The molecule has 23 heavy (non-hydrogen) atoms. The van der Waals surface area contributed by atoms with Crippen LogP contribution in [0.3, 0.4) is 0 Å². The van der Waals surface area contributed by atoms with Crippen LogP contribution in [0.1, 0.15) is 19.8 Å². The van der Waals surface area contributed by atoms with Crippen molar-refractivity contribution in [3.63, 3.8) is 0 Å². The third kappa shape index (κ3) is 5.11. The van der Waals surface area contributed by atoms with Crippen molar-refractivity contribution in [2.24, 2.45) is 0 Å². The van der Waals surface area contributed by atoms with Gasteiger partial charge in [0.1, 0.15) is 11.5 Å². The van der Waals surface area contributed by atoms with Crippen LogP contribution in [0.25, 0.3) is 0 Å². The number of hydrogen-bond donors (Lipinski definition) is 2. The number of nitrogens with one attached hydrogen (secondary N) is 1. The van der Waals surface area contributed by atoms with Crippen LogP contribution in [0.4, 0.5) is 0 Å². The van der Waals surface area contributed by atoms with Gasteiger partial charge in [-0.2, -0.15) is 0 Å². The van der Waals surface area contributed by atoms with Gasteiger partial charge in [0.25, 0.3) is 5.91 Å². The second-order valence-corrected chi connectivity index (χ2v) is 7.68. The number of benzene rings is 1. The van der Waals surface area contributed by atoms with Crippen LogP contribution < -0.4 is 10.1 Å². The smallest absolute Gasteiger partial charge is 0.260 e. The first-order chi connectivity index (χ1) is 10.8. The second kappa shape index (κ2) is 7.18. The van der Waals surface area contributed by atoms with Crippen molar-refractivity contribution in [3.8, 4) is 11.5 Å². The normalized spacial score (nSPS) is 18.3. The first-order valence-electron chi connectivity index (χ1n) is 7.47. The molecule has 1 saturated heterocycles. The highest BCUT2D eigenvalue weighted by molar-refractivity contribution is 7.88. The van der Waals surface area contributed by atoms with Gasteiger partial charge < -0.3 is 15.2 Å². The minimum atomic E-state index is -3.16. The van der Waals surface area contributed by atoms with Gasteiger partial charge in [-0.05, 0) is 44.0 Å². The van der Waals surface area contributed by atoms with Gasteiger partial charge in [0.2, 0.25) is 10.0 Å². The molecule has 7 nitrogen and oxygen atoms in total. The Morgan fingerprint density at radius 3 is 2.39 bits per heavy atom. The second-order valence-electron chi connectivity index (χ2n) is 5.70. The largest absolute Gasteiger partial charge is 0.508 e. The van der Waals surface area contributed by atoms with Gasteiger partial charge in [0, 0.05) is 19.1 Å². The summed E-state index contributed by atoms with van der Waals surface area (Å²) in [7, 11) is -3.16. The number of carbonyl (C=O) groups excluding carboxylic acids is 1. The zero-order chi connectivity index (χ0) is 17.0. The molecule has 128 valence electrons. The molecule has 1 aliphatic rings. The van der Waals surface area contributed by atoms with Crippen molar-refractivity contribution in [1.29, 1.82) is 0 Å². The standard InChI is InChI=1S/C15H22N2O5S/c1-11(22-14-5-3-13(18)4-6-14)15(19)16-12-7-9-17(10-8-12)23(2,20)21/h3-6,11-12,18H,7-10H2,1-2H3,(H,16,19). The van der Waals surface area contributed by atoms with E-state index in [2.05, 4.69) is 5.32 Å². The van der Waals surface area contributed by atoms with Gasteiger partial charge in [-0.25, -0.2) is 12.7 Å². The molecular weight excluding hydrogens is 320 g/mol. The Hall–Kier alpha value is -1.80. The van der Waals surface area contributed by atoms with Crippen LogP contribution >= 0.6 is 0 Å². The summed E-state index contributed by atoms with van der Waals surface area (Å²) in [5, 5.41) is 12.1. The number of carbonyl (C=O) groups is 1.